The summed E-state index contributed by atoms with van der Waals surface area (Å²) in [5, 5.41) is 0. The van der Waals surface area contributed by atoms with Crippen LogP contribution in [-0.2, 0) is 9.47 Å². The van der Waals surface area contributed by atoms with Crippen LogP contribution in [0.1, 0.15) is 55.4 Å². The topological polar surface area (TPSA) is 35.5 Å². The van der Waals surface area contributed by atoms with E-state index in [1.807, 2.05) is 0 Å². The predicted octanol–water partition coefficient (Wildman–Crippen LogP) is 4.57. The van der Waals surface area contributed by atoms with E-state index in [4.69, 9.17) is 9.47 Å². The molecule has 3 atom stereocenters. The average Bonchev–Trinajstić information content (AvgIpc) is 2.59. The first-order valence-electron chi connectivity index (χ1n) is 6.98. The van der Waals surface area contributed by atoms with E-state index < -0.39 is 6.16 Å². The monoisotopic (exact) mass is 268 g/mol. The lowest BCUT2D eigenvalue weighted by Gasteiger charge is -2.40. The molecular weight excluding hydrogens is 240 g/mol. The van der Waals surface area contributed by atoms with Crippen molar-refractivity contribution in [2.45, 2.75) is 67.6 Å². The second-order valence-corrected chi connectivity index (χ2v) is 7.55. The highest BCUT2D eigenvalue weighted by Crippen LogP contribution is 2.44. The first-order valence-corrected chi connectivity index (χ1v) is 6.98. The van der Waals surface area contributed by atoms with Gasteiger partial charge < -0.3 is 9.47 Å². The van der Waals surface area contributed by atoms with Crippen LogP contribution < -0.4 is 0 Å². The summed E-state index contributed by atoms with van der Waals surface area (Å²) in [4.78, 5) is 11.5. The van der Waals surface area contributed by atoms with Crippen LogP contribution >= 0.6 is 0 Å². The fourth-order valence-corrected chi connectivity index (χ4v) is 2.51. The molecule has 19 heavy (non-hydrogen) atoms. The lowest BCUT2D eigenvalue weighted by atomic mass is 9.69. The molecule has 1 aliphatic rings. The summed E-state index contributed by atoms with van der Waals surface area (Å²) in [5.74, 6) is 0.307. The van der Waals surface area contributed by atoms with Gasteiger partial charge in [-0.1, -0.05) is 53.2 Å². The van der Waals surface area contributed by atoms with Crippen molar-refractivity contribution in [3.05, 3.63) is 11.6 Å². The highest BCUT2D eigenvalue weighted by molar-refractivity contribution is 5.63. The minimum absolute atomic E-state index is 0.126. The summed E-state index contributed by atoms with van der Waals surface area (Å²) in [7, 11) is 0. The minimum Gasteiger partial charge on any atom is -0.426 e. The molecule has 0 N–H and O–H groups in total. The van der Waals surface area contributed by atoms with Crippen molar-refractivity contribution in [3.8, 4) is 0 Å². The maximum atomic E-state index is 11.5. The summed E-state index contributed by atoms with van der Waals surface area (Å²) in [6, 6.07) is 0. The molecule has 3 heteroatoms. The largest absolute Gasteiger partial charge is 0.509 e. The summed E-state index contributed by atoms with van der Waals surface area (Å²) in [5.41, 5.74) is 0.985. The van der Waals surface area contributed by atoms with Crippen LogP contribution in [0.15, 0.2) is 11.6 Å². The van der Waals surface area contributed by atoms with E-state index in [9.17, 15) is 4.79 Å². The molecule has 1 fully saturated rings. The van der Waals surface area contributed by atoms with Crippen molar-refractivity contribution < 1.29 is 14.3 Å². The third-order valence-electron chi connectivity index (χ3n) is 4.07. The Morgan fingerprint density at radius 1 is 1.11 bits per heavy atom. The number of carbonyl (C=O) groups excluding carboxylic acids is 1. The molecule has 3 nitrogen and oxygen atoms in total. The fraction of sp³-hybridized carbons (Fsp3) is 0.812. The zero-order valence-electron chi connectivity index (χ0n) is 13.5. The molecule has 0 aromatic carbocycles. The molecule has 0 amide bonds. The van der Waals surface area contributed by atoms with E-state index in [0.29, 0.717) is 5.92 Å². The van der Waals surface area contributed by atoms with Gasteiger partial charge in [-0.15, -0.1) is 0 Å². The molecule has 1 rings (SSSR count). The number of carbonyl (C=O) groups is 1. The number of hydrogen-bond acceptors (Lipinski definition) is 3. The molecule has 0 aromatic rings. The van der Waals surface area contributed by atoms with E-state index >= 15 is 0 Å². The summed E-state index contributed by atoms with van der Waals surface area (Å²) in [6.07, 6.45) is 1.27. The molecule has 0 aromatic heterocycles. The van der Waals surface area contributed by atoms with Crippen LogP contribution in [0.4, 0.5) is 4.79 Å². The number of cyclic esters (lactones) is 2. The highest BCUT2D eigenvalue weighted by atomic mass is 16.8. The zero-order valence-corrected chi connectivity index (χ0v) is 13.5. The van der Waals surface area contributed by atoms with Gasteiger partial charge in [0.2, 0.25) is 0 Å². The van der Waals surface area contributed by atoms with Gasteiger partial charge in [-0.2, -0.15) is 0 Å². The summed E-state index contributed by atoms with van der Waals surface area (Å²) in [6.45, 7) is 16.9. The van der Waals surface area contributed by atoms with E-state index in [1.54, 1.807) is 0 Å². The van der Waals surface area contributed by atoms with Gasteiger partial charge in [0, 0.05) is 10.8 Å². The molecule has 0 spiro atoms. The number of hydrogen-bond donors (Lipinski definition) is 0. The normalized spacial score (nSPS) is 25.6. The molecule has 1 saturated heterocycles. The third kappa shape index (κ3) is 3.52. The van der Waals surface area contributed by atoms with Crippen molar-refractivity contribution in [3.63, 3.8) is 0 Å². The quantitative estimate of drug-likeness (QED) is 0.556. The van der Waals surface area contributed by atoms with Crippen LogP contribution in [-0.4, -0.2) is 18.4 Å². The predicted molar refractivity (Wildman–Crippen MR) is 77.0 cm³/mol. The van der Waals surface area contributed by atoms with Crippen LogP contribution in [0.25, 0.3) is 0 Å². The fourth-order valence-electron chi connectivity index (χ4n) is 2.51. The number of allylic oxidation sites excluding steroid dienone is 2. The highest BCUT2D eigenvalue weighted by Gasteiger charge is 2.52. The Balaban J connectivity index is 3.04. The van der Waals surface area contributed by atoms with Gasteiger partial charge >= 0.3 is 6.16 Å². The van der Waals surface area contributed by atoms with E-state index in [0.717, 1.165) is 0 Å². The zero-order chi connectivity index (χ0) is 15.0. The Labute approximate surface area is 117 Å². The molecule has 0 aliphatic carbocycles. The van der Waals surface area contributed by atoms with Gasteiger partial charge in [-0.3, -0.25) is 0 Å². The smallest absolute Gasteiger partial charge is 0.426 e. The van der Waals surface area contributed by atoms with Gasteiger partial charge in [0.1, 0.15) is 12.2 Å². The third-order valence-corrected chi connectivity index (χ3v) is 4.07. The Morgan fingerprint density at radius 2 is 1.58 bits per heavy atom. The molecule has 0 bridgehead atoms. The van der Waals surface area contributed by atoms with Gasteiger partial charge in [0.15, 0.2) is 0 Å². The second-order valence-electron chi connectivity index (χ2n) is 7.55. The summed E-state index contributed by atoms with van der Waals surface area (Å²) < 4.78 is 10.9. The Kier molecular flexibility index (Phi) is 4.38. The van der Waals surface area contributed by atoms with Crippen molar-refractivity contribution >= 4 is 6.16 Å². The minimum atomic E-state index is -0.539. The lowest BCUT2D eigenvalue weighted by Crippen LogP contribution is -2.46. The van der Waals surface area contributed by atoms with Crippen molar-refractivity contribution in [2.24, 2.45) is 16.7 Å². The standard InChI is InChI=1S/C16H28O3/c1-10(2)9-11(3)16(7,8)13-12(15(4,5)6)18-14(17)19-13/h9,11-13H,1-8H3. The van der Waals surface area contributed by atoms with Crippen molar-refractivity contribution in [2.75, 3.05) is 0 Å². The number of rotatable bonds is 3. The van der Waals surface area contributed by atoms with E-state index in [-0.39, 0.29) is 23.0 Å². The second kappa shape index (κ2) is 5.18. The molecule has 3 unspecified atom stereocenters. The van der Waals surface area contributed by atoms with Crippen molar-refractivity contribution in [1.29, 1.82) is 0 Å². The maximum absolute atomic E-state index is 11.5. The van der Waals surface area contributed by atoms with Gasteiger partial charge in [-0.25, -0.2) is 4.79 Å². The average molecular weight is 268 g/mol. The maximum Gasteiger partial charge on any atom is 0.509 e. The Hall–Kier alpha value is -0.990. The van der Waals surface area contributed by atoms with Crippen LogP contribution in [0.3, 0.4) is 0 Å². The molecular formula is C16H28O3. The molecule has 110 valence electrons. The first-order chi connectivity index (χ1) is 8.46. The van der Waals surface area contributed by atoms with E-state index in [2.05, 4.69) is 61.5 Å². The van der Waals surface area contributed by atoms with Gasteiger partial charge in [-0.05, 0) is 19.8 Å². The number of ether oxygens (including phenoxy) is 2. The lowest BCUT2D eigenvalue weighted by molar-refractivity contribution is -0.0224. The van der Waals surface area contributed by atoms with Gasteiger partial charge in [0.25, 0.3) is 0 Å². The molecule has 0 saturated carbocycles. The molecule has 0 radical (unpaired) electrons. The Bertz CT molecular complexity index is 370. The van der Waals surface area contributed by atoms with Crippen LogP contribution in [0.2, 0.25) is 0 Å². The Morgan fingerprint density at radius 3 is 2.00 bits per heavy atom. The van der Waals surface area contributed by atoms with Crippen LogP contribution in [0, 0.1) is 16.7 Å². The molecule has 1 heterocycles. The molecule has 1 aliphatic heterocycles. The van der Waals surface area contributed by atoms with E-state index in [1.165, 1.54) is 5.57 Å². The summed E-state index contributed by atoms with van der Waals surface area (Å²) >= 11 is 0. The van der Waals surface area contributed by atoms with Crippen LogP contribution in [0.5, 0.6) is 0 Å². The SMILES string of the molecule is CC(C)=CC(C)C(C)(C)C1OC(=O)OC1C(C)(C)C. The van der Waals surface area contributed by atoms with Crippen molar-refractivity contribution in [1.82, 2.24) is 0 Å². The van der Waals surface area contributed by atoms with Gasteiger partial charge in [0.05, 0.1) is 0 Å². The first kappa shape index (κ1) is 16.1.